The van der Waals surface area contributed by atoms with Crippen molar-refractivity contribution in [2.24, 2.45) is 29.6 Å². The number of carbonyl (C=O) groups excluding carboxylic acids is 4. The minimum atomic E-state index is -1.47. The number of ketones is 1. The molecule has 442 valence electrons. The molecular weight excluding hydrogens is 1030 g/mol. The van der Waals surface area contributed by atoms with Crippen LogP contribution in [0.1, 0.15) is 137 Å². The first-order valence-electron chi connectivity index (χ1n) is 28.6. The number of esters is 2. The maximum absolute atomic E-state index is 15.4. The number of anilines is 1. The molecule has 18 nitrogen and oxygen atoms in total. The minimum absolute atomic E-state index is 0.0322. The van der Waals surface area contributed by atoms with E-state index < -0.39 is 107 Å². The molecule has 1 amide bonds. The third kappa shape index (κ3) is 13.8. The second kappa shape index (κ2) is 26.5. The summed E-state index contributed by atoms with van der Waals surface area (Å²) in [6.07, 6.45) is 2.91. The van der Waals surface area contributed by atoms with Gasteiger partial charge in [-0.2, -0.15) is 0 Å². The summed E-state index contributed by atoms with van der Waals surface area (Å²) < 4.78 is 64.8. The first-order valence-corrected chi connectivity index (χ1v) is 29.7. The Hall–Kier alpha value is -3.92. The van der Waals surface area contributed by atoms with Crippen LogP contribution in [0, 0.1) is 29.6 Å². The van der Waals surface area contributed by atoms with Gasteiger partial charge in [0.2, 0.25) is 0 Å². The van der Waals surface area contributed by atoms with E-state index in [2.05, 4.69) is 9.88 Å². The highest BCUT2D eigenvalue weighted by Gasteiger charge is 2.62. The molecule has 2 unspecified atom stereocenters. The van der Waals surface area contributed by atoms with E-state index in [0.29, 0.717) is 29.2 Å². The van der Waals surface area contributed by atoms with E-state index in [4.69, 9.17) is 47.4 Å². The van der Waals surface area contributed by atoms with Crippen molar-refractivity contribution in [1.29, 1.82) is 0 Å². The van der Waals surface area contributed by atoms with Gasteiger partial charge in [-0.3, -0.25) is 24.2 Å². The third-order valence-electron chi connectivity index (χ3n) is 18.0. The number of fused-ring (bicyclic) bond motifs is 1. The van der Waals surface area contributed by atoms with Crippen molar-refractivity contribution in [2.75, 3.05) is 52.6 Å². The van der Waals surface area contributed by atoms with Crippen LogP contribution in [0.5, 0.6) is 11.5 Å². The van der Waals surface area contributed by atoms with E-state index in [-0.39, 0.29) is 61.5 Å². The van der Waals surface area contributed by atoms with Crippen LogP contribution in [0.4, 0.5) is 5.69 Å². The predicted molar refractivity (Wildman–Crippen MR) is 299 cm³/mol. The quantitative estimate of drug-likeness (QED) is 0.148. The van der Waals surface area contributed by atoms with E-state index in [1.54, 1.807) is 77.4 Å². The van der Waals surface area contributed by atoms with Crippen LogP contribution in [0.3, 0.4) is 0 Å². The molecule has 0 bridgehead atoms. The standard InChI is InChI=1S/C60H91N3O15S/c1-16-46-60(10)49(52(57(68)78-60)79-28-27-63(55(66)40-23-25-61-26-24-40)41-21-22-44(69-13)45(30-41)74-43-19-17-18-20-43)36(4)50(64)34(2)32-59(9,71-15)54(77-47-31-42(62(11)12)29-35(3)72-47)37(5)51(38(6)56(67)75-46)76-48-33-58(8,70-14)53(65)39(7)73-48/h21-26,30,34-39,42-43,46-49,51-54,65H,16-20,27-29,31-33H2,1-15H3/t34-,35-,36-,37+,38-,39+,42+,46-,47?,48+,49+,51+,52+,53+,54-,58-,59?,60-/m1/s1. The fourth-order valence-corrected chi connectivity index (χ4v) is 14.7. The first-order chi connectivity index (χ1) is 37.4. The SMILES string of the molecule is CC[C@H]1OC(=O)[C@H](C)[C@@H](O[C@H]2C[C@@](C)(OC)[C@@H](O)[C@H](C)O2)[C@H](C)[C@@H](OC2C[C@@H](N(C)C)C[C@@H](C)O2)C(C)(OC)C[C@@H](C)C(=O)[C@H](C)[C@H]2[C@H](SCCN(C(=O)c3ccncc3)c3ccc(OC)c(OC4CCCC4)c3)C(=O)O[C@@]21C. The van der Waals surface area contributed by atoms with Crippen molar-refractivity contribution >= 4 is 41.1 Å². The maximum Gasteiger partial charge on any atom is 0.320 e. The van der Waals surface area contributed by atoms with E-state index in [9.17, 15) is 14.7 Å². The average molecular weight is 1130 g/mol. The molecule has 79 heavy (non-hydrogen) atoms. The summed E-state index contributed by atoms with van der Waals surface area (Å²) in [4.78, 5) is 67.8. The number of aliphatic hydroxyl groups is 1. The molecule has 1 aliphatic carbocycles. The number of aliphatic hydroxyl groups excluding tert-OH is 1. The number of pyridine rings is 1. The number of hydrogen-bond donors (Lipinski definition) is 1. The summed E-state index contributed by atoms with van der Waals surface area (Å²) in [5.74, 6) is -4.09. The largest absolute Gasteiger partial charge is 0.493 e. The van der Waals surface area contributed by atoms with Crippen molar-refractivity contribution in [3.05, 3.63) is 48.3 Å². The number of methoxy groups -OCH3 is 3. The van der Waals surface area contributed by atoms with Crippen LogP contribution in [-0.2, 0) is 52.3 Å². The smallest absolute Gasteiger partial charge is 0.320 e. The second-order valence-electron chi connectivity index (χ2n) is 23.8. The third-order valence-corrected chi connectivity index (χ3v) is 19.3. The minimum Gasteiger partial charge on any atom is -0.493 e. The Balaban J connectivity index is 1.25. The molecule has 5 heterocycles. The van der Waals surface area contributed by atoms with Crippen molar-refractivity contribution in [2.45, 2.75) is 210 Å². The molecule has 0 radical (unpaired) electrons. The number of benzene rings is 1. The van der Waals surface area contributed by atoms with E-state index in [1.807, 2.05) is 67.8 Å². The highest BCUT2D eigenvalue weighted by Crippen LogP contribution is 2.50. The number of ether oxygens (including phenoxy) is 10. The van der Waals surface area contributed by atoms with Gasteiger partial charge in [0.1, 0.15) is 23.2 Å². The van der Waals surface area contributed by atoms with E-state index in [0.717, 1.165) is 32.1 Å². The Kier molecular flexibility index (Phi) is 21.1. The lowest BCUT2D eigenvalue weighted by Crippen LogP contribution is -2.59. The van der Waals surface area contributed by atoms with Crippen molar-refractivity contribution < 1.29 is 71.7 Å². The number of carbonyl (C=O) groups is 4. The van der Waals surface area contributed by atoms with Gasteiger partial charge in [-0.15, -0.1) is 11.8 Å². The molecule has 0 spiro atoms. The molecular formula is C60H91N3O15S. The van der Waals surface area contributed by atoms with Gasteiger partial charge in [0.25, 0.3) is 5.91 Å². The van der Waals surface area contributed by atoms with Crippen molar-refractivity contribution in [3.63, 3.8) is 0 Å². The molecule has 4 saturated heterocycles. The van der Waals surface area contributed by atoms with Gasteiger partial charge in [-0.25, -0.2) is 0 Å². The van der Waals surface area contributed by atoms with Gasteiger partial charge in [-0.05, 0) is 125 Å². The van der Waals surface area contributed by atoms with Crippen molar-refractivity contribution in [3.8, 4) is 11.5 Å². The molecule has 19 heteroatoms. The zero-order valence-electron chi connectivity index (χ0n) is 49.5. The summed E-state index contributed by atoms with van der Waals surface area (Å²) in [6, 6.07) is 8.91. The van der Waals surface area contributed by atoms with Gasteiger partial charge in [0.15, 0.2) is 29.7 Å². The number of thioether (sulfide) groups is 1. The molecule has 7 rings (SSSR count). The average Bonchev–Trinajstić information content (AvgIpc) is 4.17. The number of amides is 1. The number of rotatable bonds is 17. The van der Waals surface area contributed by atoms with Crippen LogP contribution < -0.4 is 14.4 Å². The van der Waals surface area contributed by atoms with Gasteiger partial charge in [0, 0.05) is 98.8 Å². The summed E-state index contributed by atoms with van der Waals surface area (Å²) in [5, 5.41) is 10.3. The summed E-state index contributed by atoms with van der Waals surface area (Å²) in [6.45, 7) is 18.7. The lowest BCUT2D eigenvalue weighted by molar-refractivity contribution is -0.309. The van der Waals surface area contributed by atoms with Gasteiger partial charge in [-0.1, -0.05) is 27.7 Å². The van der Waals surface area contributed by atoms with E-state index in [1.165, 1.54) is 18.9 Å². The molecule has 1 saturated carbocycles. The molecule has 4 aliphatic heterocycles. The maximum atomic E-state index is 15.4. The molecule has 18 atom stereocenters. The predicted octanol–water partition coefficient (Wildman–Crippen LogP) is 8.46. The Morgan fingerprint density at radius 1 is 0.835 bits per heavy atom. The second-order valence-corrected chi connectivity index (χ2v) is 25.1. The number of cyclic esters (lactones) is 1. The topological polar surface area (TPSA) is 200 Å². The normalized spacial score (nSPS) is 37.9. The Bertz CT molecular complexity index is 2380. The van der Waals surface area contributed by atoms with Crippen LogP contribution in [0.2, 0.25) is 0 Å². The molecule has 1 aromatic carbocycles. The van der Waals surface area contributed by atoms with Gasteiger partial charge < -0.3 is 62.3 Å². The lowest BCUT2D eigenvalue weighted by atomic mass is 9.70. The van der Waals surface area contributed by atoms with Crippen LogP contribution in [-0.4, -0.2) is 170 Å². The molecule has 1 aromatic heterocycles. The highest BCUT2D eigenvalue weighted by atomic mass is 32.2. The zero-order valence-corrected chi connectivity index (χ0v) is 50.3. The molecule has 2 aromatic rings. The van der Waals surface area contributed by atoms with E-state index >= 15 is 9.59 Å². The number of aromatic nitrogens is 1. The Morgan fingerprint density at radius 3 is 2.15 bits per heavy atom. The van der Waals surface area contributed by atoms with Gasteiger partial charge >= 0.3 is 11.9 Å². The van der Waals surface area contributed by atoms with Crippen LogP contribution >= 0.6 is 11.8 Å². The number of Topliss-reactive ketones (excluding diaryl/α,β-unsaturated/α-hetero) is 1. The van der Waals surface area contributed by atoms with Gasteiger partial charge in [0.05, 0.1) is 54.7 Å². The lowest BCUT2D eigenvalue weighted by Gasteiger charge is -2.49. The fourth-order valence-electron chi connectivity index (χ4n) is 13.2. The monoisotopic (exact) mass is 1130 g/mol. The summed E-state index contributed by atoms with van der Waals surface area (Å²) >= 11 is 1.31. The molecule has 1 N–H and O–H groups in total. The van der Waals surface area contributed by atoms with Crippen LogP contribution in [0.25, 0.3) is 0 Å². The number of hydrogen-bond acceptors (Lipinski definition) is 18. The zero-order chi connectivity index (χ0) is 57.7. The summed E-state index contributed by atoms with van der Waals surface area (Å²) in [5.41, 5.74) is -2.70. The molecule has 5 aliphatic rings. The highest BCUT2D eigenvalue weighted by molar-refractivity contribution is 8.00. The first kappa shape index (κ1) is 62.7. The van der Waals surface area contributed by atoms with Crippen molar-refractivity contribution in [1.82, 2.24) is 9.88 Å². The summed E-state index contributed by atoms with van der Waals surface area (Å²) in [7, 11) is 8.80. The number of nitrogens with zero attached hydrogens (tertiary/aromatic N) is 3. The fraction of sp³-hybridized carbons (Fsp3) is 0.750. The molecule has 5 fully saturated rings. The Labute approximate surface area is 473 Å². The van der Waals surface area contributed by atoms with Crippen LogP contribution in [0.15, 0.2) is 42.7 Å². The Morgan fingerprint density at radius 2 is 1.52 bits per heavy atom.